The maximum atomic E-state index is 12.6. The van der Waals surface area contributed by atoms with Crippen molar-refractivity contribution < 1.29 is 4.79 Å². The number of anilines is 1. The molecule has 0 bridgehead atoms. The van der Waals surface area contributed by atoms with Gasteiger partial charge in [-0.1, -0.05) is 48.5 Å². The lowest BCUT2D eigenvalue weighted by Crippen LogP contribution is -2.14. The first-order chi connectivity index (χ1) is 19.7. The summed E-state index contributed by atoms with van der Waals surface area (Å²) in [5.41, 5.74) is 8.24. The lowest BCUT2D eigenvalue weighted by Gasteiger charge is -2.07. The quantitative estimate of drug-likeness (QED) is 0.253. The molecule has 5 heterocycles. The van der Waals surface area contributed by atoms with Gasteiger partial charge in [0.15, 0.2) is 5.82 Å². The van der Waals surface area contributed by atoms with Crippen molar-refractivity contribution in [1.82, 2.24) is 35.1 Å². The molecule has 0 saturated carbocycles. The number of aromatic nitrogens is 7. The zero-order chi connectivity index (χ0) is 26.9. The van der Waals surface area contributed by atoms with Crippen molar-refractivity contribution in [2.24, 2.45) is 0 Å². The average Bonchev–Trinajstić information content (AvgIpc) is 3.62. The van der Waals surface area contributed by atoms with Gasteiger partial charge < -0.3 is 10.3 Å². The summed E-state index contributed by atoms with van der Waals surface area (Å²) in [6.07, 6.45) is 8.96. The molecule has 0 aliphatic carbocycles. The van der Waals surface area contributed by atoms with Crippen LogP contribution in [0.3, 0.4) is 0 Å². The van der Waals surface area contributed by atoms with E-state index in [2.05, 4.69) is 35.5 Å². The Morgan fingerprint density at radius 2 is 1.73 bits per heavy atom. The Hall–Kier alpha value is -5.70. The van der Waals surface area contributed by atoms with Gasteiger partial charge in [-0.25, -0.2) is 4.98 Å². The summed E-state index contributed by atoms with van der Waals surface area (Å²) in [4.78, 5) is 34.1. The van der Waals surface area contributed by atoms with Crippen molar-refractivity contribution in [3.05, 3.63) is 109 Å². The molecule has 7 rings (SSSR count). The fraction of sp³-hybridized carbons (Fsp3) is 0.0323. The van der Waals surface area contributed by atoms with Crippen LogP contribution in [-0.4, -0.2) is 41.0 Å². The Morgan fingerprint density at radius 3 is 2.60 bits per heavy atom. The maximum absolute atomic E-state index is 12.6. The van der Waals surface area contributed by atoms with Gasteiger partial charge in [0.05, 0.1) is 46.7 Å². The molecule has 9 nitrogen and oxygen atoms in total. The van der Waals surface area contributed by atoms with E-state index in [0.29, 0.717) is 22.9 Å². The lowest BCUT2D eigenvalue weighted by atomic mass is 10.1. The zero-order valence-electron chi connectivity index (χ0n) is 21.2. The minimum atomic E-state index is -0.110. The van der Waals surface area contributed by atoms with E-state index < -0.39 is 0 Å². The second-order valence-electron chi connectivity index (χ2n) is 9.39. The fourth-order valence-electron chi connectivity index (χ4n) is 4.79. The molecule has 0 aliphatic rings. The van der Waals surface area contributed by atoms with Crippen LogP contribution in [0.25, 0.3) is 55.8 Å². The third-order valence-corrected chi connectivity index (χ3v) is 6.68. The highest BCUT2D eigenvalue weighted by molar-refractivity contribution is 5.98. The summed E-state index contributed by atoms with van der Waals surface area (Å²) >= 11 is 0. The number of hydrogen-bond donors (Lipinski definition) is 3. The van der Waals surface area contributed by atoms with Crippen LogP contribution in [0.2, 0.25) is 0 Å². The van der Waals surface area contributed by atoms with Gasteiger partial charge in [-0.05, 0) is 29.8 Å². The monoisotopic (exact) mass is 522 g/mol. The van der Waals surface area contributed by atoms with E-state index >= 15 is 0 Å². The van der Waals surface area contributed by atoms with Gasteiger partial charge in [0.25, 0.3) is 0 Å². The van der Waals surface area contributed by atoms with E-state index in [1.54, 1.807) is 24.8 Å². The summed E-state index contributed by atoms with van der Waals surface area (Å²) in [5.74, 6) is 0.538. The normalized spacial score (nSPS) is 11.2. The highest BCUT2D eigenvalue weighted by Gasteiger charge is 2.16. The summed E-state index contributed by atoms with van der Waals surface area (Å²) in [7, 11) is 0. The van der Waals surface area contributed by atoms with E-state index in [0.717, 1.165) is 44.2 Å². The Morgan fingerprint density at radius 1 is 0.825 bits per heavy atom. The molecule has 0 saturated heterocycles. The topological polar surface area (TPSA) is 125 Å². The molecule has 5 aromatic heterocycles. The summed E-state index contributed by atoms with van der Waals surface area (Å²) < 4.78 is 0. The Kier molecular flexibility index (Phi) is 5.78. The molecule has 192 valence electrons. The number of carbonyl (C=O) groups excluding carboxylic acids is 1. The molecule has 0 unspecified atom stereocenters. The van der Waals surface area contributed by atoms with Crippen molar-refractivity contribution in [2.45, 2.75) is 6.42 Å². The number of rotatable bonds is 6. The number of hydrogen-bond acceptors (Lipinski definition) is 6. The first kappa shape index (κ1) is 23.4. The number of aromatic amines is 2. The second-order valence-corrected chi connectivity index (χ2v) is 9.39. The second kappa shape index (κ2) is 9.88. The van der Waals surface area contributed by atoms with Gasteiger partial charge in [0, 0.05) is 40.7 Å². The predicted molar refractivity (Wildman–Crippen MR) is 154 cm³/mol. The molecule has 0 radical (unpaired) electrons. The molecule has 3 N–H and O–H groups in total. The molecular weight excluding hydrogens is 500 g/mol. The van der Waals surface area contributed by atoms with Crippen LogP contribution in [0, 0.1) is 0 Å². The molecule has 0 fully saturated rings. The van der Waals surface area contributed by atoms with Crippen molar-refractivity contribution in [3.8, 4) is 33.9 Å². The molecule has 0 atom stereocenters. The van der Waals surface area contributed by atoms with Crippen molar-refractivity contribution in [1.29, 1.82) is 0 Å². The zero-order valence-corrected chi connectivity index (χ0v) is 21.2. The standard InChI is InChI=1S/C31H22N8O/c40-28(12-19-6-2-1-3-7-19)35-22-13-21(16-33-17-22)26-14-24-27(18-34-26)38-39-30(24)31-36-25-10-4-9-23(29(25)37-31)20-8-5-11-32-15-20/h1-11,13-18H,12H2,(H,35,40)(H,36,37)(H,38,39). The third-order valence-electron chi connectivity index (χ3n) is 6.68. The van der Waals surface area contributed by atoms with Crippen LogP contribution in [0.4, 0.5) is 5.69 Å². The Balaban J connectivity index is 1.21. The Labute approximate surface area is 228 Å². The molecule has 9 heteroatoms. The number of fused-ring (bicyclic) bond motifs is 2. The number of carbonyl (C=O) groups is 1. The molecule has 2 aromatic carbocycles. The first-order valence-corrected chi connectivity index (χ1v) is 12.7. The van der Waals surface area contributed by atoms with E-state index in [1.807, 2.05) is 79.0 Å². The Bertz CT molecular complexity index is 1980. The van der Waals surface area contributed by atoms with Crippen LogP contribution in [0.15, 0.2) is 104 Å². The van der Waals surface area contributed by atoms with Crippen LogP contribution in [-0.2, 0) is 11.2 Å². The molecular formula is C31H22N8O. The molecule has 1 amide bonds. The van der Waals surface area contributed by atoms with Crippen LogP contribution >= 0.6 is 0 Å². The highest BCUT2D eigenvalue weighted by Crippen LogP contribution is 2.32. The first-order valence-electron chi connectivity index (χ1n) is 12.7. The molecule has 7 aromatic rings. The molecule has 40 heavy (non-hydrogen) atoms. The average molecular weight is 523 g/mol. The molecule has 0 aliphatic heterocycles. The minimum Gasteiger partial charge on any atom is -0.337 e. The summed E-state index contributed by atoms with van der Waals surface area (Å²) in [6, 6.07) is 23.4. The summed E-state index contributed by atoms with van der Waals surface area (Å²) in [6.45, 7) is 0. The maximum Gasteiger partial charge on any atom is 0.228 e. The number of imidazole rings is 1. The van der Waals surface area contributed by atoms with Gasteiger partial charge in [0.1, 0.15) is 5.69 Å². The number of amides is 1. The predicted octanol–water partition coefficient (Wildman–Crippen LogP) is 5.81. The summed E-state index contributed by atoms with van der Waals surface area (Å²) in [5, 5.41) is 11.4. The number of pyridine rings is 3. The van der Waals surface area contributed by atoms with Crippen LogP contribution in [0.5, 0.6) is 0 Å². The lowest BCUT2D eigenvalue weighted by molar-refractivity contribution is -0.115. The van der Waals surface area contributed by atoms with Crippen LogP contribution in [0.1, 0.15) is 5.56 Å². The number of H-pyrrole nitrogens is 2. The van der Waals surface area contributed by atoms with Gasteiger partial charge in [-0.2, -0.15) is 5.10 Å². The van der Waals surface area contributed by atoms with Crippen molar-refractivity contribution >= 4 is 33.5 Å². The minimum absolute atomic E-state index is 0.110. The van der Waals surface area contributed by atoms with Crippen molar-refractivity contribution in [3.63, 3.8) is 0 Å². The van der Waals surface area contributed by atoms with Gasteiger partial charge in [-0.15, -0.1) is 0 Å². The SMILES string of the molecule is O=C(Cc1ccccc1)Nc1cncc(-c2cc3c(-c4nc5c(-c6cccnc6)cccc5[nH]4)n[nH]c3cn2)c1. The largest absolute Gasteiger partial charge is 0.337 e. The van der Waals surface area contributed by atoms with Gasteiger partial charge in [-0.3, -0.25) is 24.8 Å². The van der Waals surface area contributed by atoms with E-state index in [9.17, 15) is 4.79 Å². The van der Waals surface area contributed by atoms with Gasteiger partial charge in [0.2, 0.25) is 5.91 Å². The number of para-hydroxylation sites is 1. The van der Waals surface area contributed by atoms with E-state index in [4.69, 9.17) is 4.98 Å². The third kappa shape index (κ3) is 4.45. The number of nitrogens with zero attached hydrogens (tertiary/aromatic N) is 5. The fourth-order valence-corrected chi connectivity index (χ4v) is 4.79. The van der Waals surface area contributed by atoms with E-state index in [1.165, 1.54) is 0 Å². The van der Waals surface area contributed by atoms with Crippen molar-refractivity contribution in [2.75, 3.05) is 5.32 Å². The number of nitrogens with one attached hydrogen (secondary N) is 3. The molecule has 0 spiro atoms. The van der Waals surface area contributed by atoms with Gasteiger partial charge >= 0.3 is 0 Å². The highest BCUT2D eigenvalue weighted by atomic mass is 16.1. The smallest absolute Gasteiger partial charge is 0.228 e. The van der Waals surface area contributed by atoms with Crippen LogP contribution < -0.4 is 5.32 Å². The number of benzene rings is 2. The van der Waals surface area contributed by atoms with E-state index in [-0.39, 0.29) is 12.3 Å².